The van der Waals surface area contributed by atoms with Crippen molar-refractivity contribution in [3.05, 3.63) is 53.7 Å². The van der Waals surface area contributed by atoms with E-state index in [9.17, 15) is 0 Å². The van der Waals surface area contributed by atoms with Crippen molar-refractivity contribution in [2.75, 3.05) is 0 Å². The van der Waals surface area contributed by atoms with E-state index in [1.165, 1.54) is 11.3 Å². The van der Waals surface area contributed by atoms with Crippen LogP contribution < -0.4 is 0 Å². The molecule has 0 aliphatic rings. The lowest BCUT2D eigenvalue weighted by molar-refractivity contribution is 0.557. The third kappa shape index (κ3) is 2.23. The molecule has 0 unspecified atom stereocenters. The molecule has 0 radical (unpaired) electrons. The van der Waals surface area contributed by atoms with Crippen LogP contribution in [0.5, 0.6) is 0 Å². The lowest BCUT2D eigenvalue weighted by Crippen LogP contribution is -1.90. The van der Waals surface area contributed by atoms with E-state index in [1.807, 2.05) is 36.4 Å². The maximum Gasteiger partial charge on any atom is 0.235 e. The predicted molar refractivity (Wildman–Crippen MR) is 79.5 cm³/mol. The Morgan fingerprint density at radius 2 is 2.00 bits per heavy atom. The van der Waals surface area contributed by atoms with E-state index in [4.69, 9.17) is 4.42 Å². The second-order valence-corrected chi connectivity index (χ2v) is 5.23. The summed E-state index contributed by atoms with van der Waals surface area (Å²) in [6.45, 7) is 0. The van der Waals surface area contributed by atoms with Crippen LogP contribution in [-0.2, 0) is 0 Å². The molecule has 0 atom stereocenters. The zero-order valence-electron chi connectivity index (χ0n) is 10.7. The van der Waals surface area contributed by atoms with Crippen molar-refractivity contribution >= 4 is 28.4 Å². The van der Waals surface area contributed by atoms with Crippen molar-refractivity contribution in [1.82, 2.24) is 24.8 Å². The average molecular weight is 295 g/mol. The smallest absolute Gasteiger partial charge is 0.235 e. The molecule has 0 bridgehead atoms. The first kappa shape index (κ1) is 12.0. The summed E-state index contributed by atoms with van der Waals surface area (Å²) >= 11 is 1.47. The zero-order chi connectivity index (χ0) is 14.1. The third-order valence-corrected chi connectivity index (χ3v) is 3.74. The first-order chi connectivity index (χ1) is 10.4. The van der Waals surface area contributed by atoms with E-state index in [0.29, 0.717) is 5.82 Å². The molecule has 0 spiro atoms. The van der Waals surface area contributed by atoms with E-state index < -0.39 is 0 Å². The lowest BCUT2D eigenvalue weighted by atomic mass is 10.2. The van der Waals surface area contributed by atoms with E-state index in [2.05, 4.69) is 20.3 Å². The first-order valence-electron chi connectivity index (χ1n) is 6.24. The highest BCUT2D eigenvalue weighted by Crippen LogP contribution is 2.22. The standard InChI is InChI=1S/C14H9N5OS/c1-2-11(20-9-1)3-4-12-18-19-13(16-17-14(19)21-12)10-5-7-15-8-6-10/h1-9H/b4-3-. The van der Waals surface area contributed by atoms with Crippen LogP contribution in [0.4, 0.5) is 0 Å². The second kappa shape index (κ2) is 4.95. The number of furan rings is 1. The second-order valence-electron chi connectivity index (χ2n) is 4.24. The fourth-order valence-electron chi connectivity index (χ4n) is 1.92. The Bertz CT molecular complexity index is 892. The Hall–Kier alpha value is -2.80. The van der Waals surface area contributed by atoms with Gasteiger partial charge in [0.1, 0.15) is 10.8 Å². The number of hydrogen-bond donors (Lipinski definition) is 0. The van der Waals surface area contributed by atoms with Crippen LogP contribution in [0, 0.1) is 0 Å². The number of rotatable bonds is 3. The van der Waals surface area contributed by atoms with Gasteiger partial charge in [-0.3, -0.25) is 4.98 Å². The number of fused-ring (bicyclic) bond motifs is 1. The molecule has 4 heterocycles. The summed E-state index contributed by atoms with van der Waals surface area (Å²) in [5.74, 6) is 1.50. The highest BCUT2D eigenvalue weighted by Gasteiger charge is 2.11. The largest absolute Gasteiger partial charge is 0.465 e. The van der Waals surface area contributed by atoms with Crippen molar-refractivity contribution in [1.29, 1.82) is 0 Å². The van der Waals surface area contributed by atoms with Gasteiger partial charge in [-0.1, -0.05) is 11.3 Å². The van der Waals surface area contributed by atoms with Crippen molar-refractivity contribution in [2.24, 2.45) is 0 Å². The lowest BCUT2D eigenvalue weighted by Gasteiger charge is -1.94. The van der Waals surface area contributed by atoms with Gasteiger partial charge in [0.15, 0.2) is 5.82 Å². The highest BCUT2D eigenvalue weighted by molar-refractivity contribution is 7.17. The summed E-state index contributed by atoms with van der Waals surface area (Å²) in [6, 6.07) is 7.50. The van der Waals surface area contributed by atoms with Crippen LogP contribution in [0.15, 0.2) is 47.3 Å². The molecule has 0 saturated carbocycles. The molecule has 0 amide bonds. The normalized spacial score (nSPS) is 11.6. The van der Waals surface area contributed by atoms with Crippen LogP contribution in [0.2, 0.25) is 0 Å². The summed E-state index contributed by atoms with van der Waals surface area (Å²) in [6.07, 6.45) is 8.85. The van der Waals surface area contributed by atoms with Gasteiger partial charge in [0.25, 0.3) is 0 Å². The van der Waals surface area contributed by atoms with Gasteiger partial charge in [0.2, 0.25) is 4.96 Å². The topological polar surface area (TPSA) is 69.1 Å². The number of hydrogen-bond acceptors (Lipinski definition) is 6. The average Bonchev–Trinajstić information content (AvgIpc) is 3.22. The molecule has 0 fully saturated rings. The van der Waals surface area contributed by atoms with Crippen molar-refractivity contribution in [2.45, 2.75) is 0 Å². The van der Waals surface area contributed by atoms with Crippen LogP contribution in [0.25, 0.3) is 28.5 Å². The molecule has 6 nitrogen and oxygen atoms in total. The Kier molecular flexibility index (Phi) is 2.82. The highest BCUT2D eigenvalue weighted by atomic mass is 32.1. The fraction of sp³-hybridized carbons (Fsp3) is 0. The monoisotopic (exact) mass is 295 g/mol. The van der Waals surface area contributed by atoms with E-state index in [1.54, 1.807) is 23.2 Å². The Labute approximate surface area is 123 Å². The van der Waals surface area contributed by atoms with Gasteiger partial charge < -0.3 is 4.42 Å². The molecule has 4 aromatic rings. The van der Waals surface area contributed by atoms with Crippen molar-refractivity contribution in [3.8, 4) is 11.4 Å². The number of pyridine rings is 1. The van der Waals surface area contributed by atoms with Crippen LogP contribution >= 0.6 is 11.3 Å². The third-order valence-electron chi connectivity index (χ3n) is 2.88. The fourth-order valence-corrected chi connectivity index (χ4v) is 2.66. The van der Waals surface area contributed by atoms with Gasteiger partial charge in [-0.05, 0) is 36.4 Å². The molecular weight excluding hydrogens is 286 g/mol. The maximum absolute atomic E-state index is 5.25. The minimum absolute atomic E-state index is 0.710. The van der Waals surface area contributed by atoms with Crippen LogP contribution in [-0.4, -0.2) is 24.8 Å². The SMILES string of the molecule is C(=C/c1nn2c(-c3ccncc3)nnc2s1)/c1ccco1. The van der Waals surface area contributed by atoms with Gasteiger partial charge in [0.05, 0.1) is 6.26 Å². The van der Waals surface area contributed by atoms with E-state index in [0.717, 1.165) is 21.3 Å². The predicted octanol–water partition coefficient (Wildman–Crippen LogP) is 3.01. The van der Waals surface area contributed by atoms with E-state index in [-0.39, 0.29) is 0 Å². The zero-order valence-corrected chi connectivity index (χ0v) is 11.6. The molecule has 0 saturated heterocycles. The van der Waals surface area contributed by atoms with Gasteiger partial charge in [-0.25, -0.2) is 0 Å². The summed E-state index contributed by atoms with van der Waals surface area (Å²) in [5, 5.41) is 13.7. The first-order valence-corrected chi connectivity index (χ1v) is 7.06. The minimum Gasteiger partial charge on any atom is -0.465 e. The van der Waals surface area contributed by atoms with Gasteiger partial charge >= 0.3 is 0 Å². The Balaban J connectivity index is 1.73. The molecular formula is C14H9N5OS. The molecule has 4 aromatic heterocycles. The Morgan fingerprint density at radius 3 is 2.81 bits per heavy atom. The molecule has 4 rings (SSSR count). The van der Waals surface area contributed by atoms with Gasteiger partial charge in [-0.15, -0.1) is 10.2 Å². The van der Waals surface area contributed by atoms with Gasteiger partial charge in [-0.2, -0.15) is 9.61 Å². The molecule has 0 aliphatic heterocycles. The molecule has 0 aromatic carbocycles. The molecule has 102 valence electrons. The molecule has 21 heavy (non-hydrogen) atoms. The molecule has 0 N–H and O–H groups in total. The summed E-state index contributed by atoms with van der Waals surface area (Å²) < 4.78 is 6.99. The van der Waals surface area contributed by atoms with Crippen LogP contribution in [0.1, 0.15) is 10.8 Å². The minimum atomic E-state index is 0.710. The molecule has 0 aliphatic carbocycles. The Morgan fingerprint density at radius 1 is 1.10 bits per heavy atom. The quantitative estimate of drug-likeness (QED) is 0.581. The maximum atomic E-state index is 5.25. The van der Waals surface area contributed by atoms with Crippen molar-refractivity contribution < 1.29 is 4.42 Å². The number of aromatic nitrogens is 5. The molecule has 7 heteroatoms. The van der Waals surface area contributed by atoms with E-state index >= 15 is 0 Å². The van der Waals surface area contributed by atoms with Gasteiger partial charge in [0, 0.05) is 18.0 Å². The summed E-state index contributed by atoms with van der Waals surface area (Å²) in [7, 11) is 0. The van der Waals surface area contributed by atoms with Crippen LogP contribution in [0.3, 0.4) is 0 Å². The summed E-state index contributed by atoms with van der Waals surface area (Å²) in [5.41, 5.74) is 0.935. The summed E-state index contributed by atoms with van der Waals surface area (Å²) in [4.78, 5) is 4.75. The number of nitrogens with zero attached hydrogens (tertiary/aromatic N) is 5. The van der Waals surface area contributed by atoms with Crippen molar-refractivity contribution in [3.63, 3.8) is 0 Å².